The van der Waals surface area contributed by atoms with Gasteiger partial charge in [0.1, 0.15) is 22.0 Å². The smallest absolute Gasteiger partial charge is 0.298 e. The normalized spacial score (nSPS) is 11.7. The maximum Gasteiger partial charge on any atom is 0.298 e. The molecule has 0 saturated heterocycles. The largest absolute Gasteiger partial charge is 0.505 e. The molecular weight excluding hydrogens is 553 g/mol. The number of carbonyl (C=O) groups is 1. The maximum atomic E-state index is 13.2. The number of amides is 1. The highest BCUT2D eigenvalue weighted by atomic mass is 35.5. The Morgan fingerprint density at radius 3 is 2.47 bits per heavy atom. The molecule has 0 aliphatic rings. The Bertz CT molecular complexity index is 1710. The number of halogens is 2. The van der Waals surface area contributed by atoms with Gasteiger partial charge >= 0.3 is 0 Å². The summed E-state index contributed by atoms with van der Waals surface area (Å²) in [5.41, 5.74) is 0.305. The number of anilines is 1. The number of fused-ring (bicyclic) bond motifs is 1. The van der Waals surface area contributed by atoms with E-state index < -0.39 is 26.7 Å². The van der Waals surface area contributed by atoms with Crippen molar-refractivity contribution in [3.63, 3.8) is 0 Å². The van der Waals surface area contributed by atoms with Crippen molar-refractivity contribution in [1.29, 1.82) is 0 Å². The summed E-state index contributed by atoms with van der Waals surface area (Å²) in [7, 11) is -3.32. The highest BCUT2D eigenvalue weighted by molar-refractivity contribution is 7.86. The molecule has 0 spiro atoms. The monoisotopic (exact) mass is 573 g/mol. The van der Waals surface area contributed by atoms with Crippen LogP contribution in [-0.2, 0) is 16.5 Å². The second-order valence-corrected chi connectivity index (χ2v) is 10.2. The van der Waals surface area contributed by atoms with E-state index in [4.69, 9.17) is 27.9 Å². The molecule has 9 nitrogen and oxygen atoms in total. The zero-order valence-corrected chi connectivity index (χ0v) is 22.4. The van der Waals surface area contributed by atoms with Crippen LogP contribution < -0.4 is 10.1 Å². The number of hydrogen-bond donors (Lipinski definition) is 3. The first kappa shape index (κ1) is 27.3. The van der Waals surface area contributed by atoms with Crippen molar-refractivity contribution in [3.8, 4) is 11.5 Å². The Morgan fingerprint density at radius 1 is 1.05 bits per heavy atom. The first-order valence-electron chi connectivity index (χ1n) is 11.1. The van der Waals surface area contributed by atoms with E-state index in [1.165, 1.54) is 25.3 Å². The number of benzene rings is 4. The van der Waals surface area contributed by atoms with Crippen LogP contribution in [0.25, 0.3) is 10.8 Å². The van der Waals surface area contributed by atoms with Crippen molar-refractivity contribution >= 4 is 67.1 Å². The van der Waals surface area contributed by atoms with Crippen molar-refractivity contribution < 1.29 is 27.6 Å². The van der Waals surface area contributed by atoms with Crippen LogP contribution in [0.5, 0.6) is 11.5 Å². The highest BCUT2D eigenvalue weighted by Gasteiger charge is 2.23. The van der Waals surface area contributed by atoms with Gasteiger partial charge in [-0.25, -0.2) is 0 Å². The van der Waals surface area contributed by atoms with Crippen molar-refractivity contribution in [2.75, 3.05) is 12.4 Å². The van der Waals surface area contributed by atoms with Gasteiger partial charge in [0.25, 0.3) is 16.0 Å². The van der Waals surface area contributed by atoms with Crippen LogP contribution >= 0.6 is 23.2 Å². The Labute approximate surface area is 228 Å². The Kier molecular flexibility index (Phi) is 7.89. The number of phenolic OH excluding ortho intramolecular Hbond substituents is 1. The summed E-state index contributed by atoms with van der Waals surface area (Å²) >= 11 is 12.3. The maximum absolute atomic E-state index is 13.2. The fraction of sp³-hybridized carbons (Fsp3) is 0.115. The number of methoxy groups -OCH3 is 1. The van der Waals surface area contributed by atoms with Gasteiger partial charge in [-0.05, 0) is 47.7 Å². The van der Waals surface area contributed by atoms with E-state index in [0.717, 1.165) is 0 Å². The molecule has 0 bridgehead atoms. The number of azo groups is 1. The third kappa shape index (κ3) is 5.44. The Morgan fingerprint density at radius 2 is 1.79 bits per heavy atom. The molecule has 0 unspecified atom stereocenters. The van der Waals surface area contributed by atoms with Crippen molar-refractivity contribution in [2.45, 2.75) is 18.2 Å². The van der Waals surface area contributed by atoms with Crippen molar-refractivity contribution in [2.24, 2.45) is 10.2 Å². The van der Waals surface area contributed by atoms with E-state index in [2.05, 4.69) is 15.5 Å². The predicted octanol–water partition coefficient (Wildman–Crippen LogP) is 7.34. The number of hydrogen-bond acceptors (Lipinski definition) is 7. The summed E-state index contributed by atoms with van der Waals surface area (Å²) in [6.45, 7) is 1.77. The number of aryl methyl sites for hydroxylation is 1. The molecular formula is C26H21Cl2N3O6S. The van der Waals surface area contributed by atoms with E-state index >= 15 is 0 Å². The van der Waals surface area contributed by atoms with Gasteiger partial charge in [0.05, 0.1) is 23.4 Å². The Balaban J connectivity index is 1.85. The topological polar surface area (TPSA) is 138 Å². The predicted molar refractivity (Wildman–Crippen MR) is 146 cm³/mol. The molecule has 38 heavy (non-hydrogen) atoms. The zero-order valence-electron chi connectivity index (χ0n) is 20.1. The van der Waals surface area contributed by atoms with Crippen LogP contribution in [-0.4, -0.2) is 31.1 Å². The van der Waals surface area contributed by atoms with Crippen LogP contribution in [0.1, 0.15) is 22.8 Å². The molecule has 196 valence electrons. The van der Waals surface area contributed by atoms with Crippen LogP contribution in [0.4, 0.5) is 17.1 Å². The van der Waals surface area contributed by atoms with E-state index in [1.54, 1.807) is 49.4 Å². The molecule has 1 amide bonds. The van der Waals surface area contributed by atoms with Crippen LogP contribution in [0.15, 0.2) is 75.8 Å². The molecule has 0 aromatic heterocycles. The second-order valence-electron chi connectivity index (χ2n) is 8.06. The average Bonchev–Trinajstić information content (AvgIpc) is 2.87. The molecule has 0 fully saturated rings. The van der Waals surface area contributed by atoms with E-state index in [1.807, 2.05) is 0 Å². The summed E-state index contributed by atoms with van der Waals surface area (Å²) < 4.78 is 39.2. The number of ether oxygens (including phenoxy) is 1. The van der Waals surface area contributed by atoms with Crippen molar-refractivity contribution in [3.05, 3.63) is 81.8 Å². The minimum Gasteiger partial charge on any atom is -0.505 e. The summed E-state index contributed by atoms with van der Waals surface area (Å²) in [6.07, 6.45) is 0.415. The fourth-order valence-electron chi connectivity index (χ4n) is 3.85. The van der Waals surface area contributed by atoms with E-state index in [-0.39, 0.29) is 27.6 Å². The standard InChI is InChI=1S/C26H21Cl2N3O6S/c1-3-14-8-10-19(25(22(14)28)38(34,35)36)30-31-23-17-7-5-4-6-15(17)12-18(24(23)32)26(33)29-20-13-16(27)9-11-21(20)37-2/h4-13,32H,3H2,1-2H3,(H,29,33)(H,34,35,36). The third-order valence-electron chi connectivity index (χ3n) is 5.70. The quantitative estimate of drug-likeness (QED) is 0.156. The lowest BCUT2D eigenvalue weighted by atomic mass is 10.0. The molecule has 0 atom stereocenters. The van der Waals surface area contributed by atoms with Gasteiger partial charge in [-0.15, -0.1) is 10.2 Å². The van der Waals surface area contributed by atoms with Gasteiger partial charge in [0.15, 0.2) is 5.75 Å². The number of nitrogens with one attached hydrogen (secondary N) is 1. The Hall–Kier alpha value is -3.70. The van der Waals surface area contributed by atoms with Gasteiger partial charge < -0.3 is 15.2 Å². The van der Waals surface area contributed by atoms with Gasteiger partial charge in [-0.3, -0.25) is 9.35 Å². The first-order chi connectivity index (χ1) is 18.0. The van der Waals surface area contributed by atoms with Crippen LogP contribution in [0.2, 0.25) is 10.0 Å². The van der Waals surface area contributed by atoms with Crippen molar-refractivity contribution in [1.82, 2.24) is 0 Å². The van der Waals surface area contributed by atoms with Crippen LogP contribution in [0, 0.1) is 0 Å². The SMILES string of the molecule is CCc1ccc(N=Nc2c(O)c(C(=O)Nc3cc(Cl)ccc3OC)cc3ccccc23)c(S(=O)(=O)O)c1Cl. The zero-order chi connectivity index (χ0) is 27.6. The molecule has 4 rings (SSSR count). The lowest BCUT2D eigenvalue weighted by Crippen LogP contribution is -2.13. The third-order valence-corrected chi connectivity index (χ3v) is 7.41. The molecule has 0 aliphatic heterocycles. The summed E-state index contributed by atoms with van der Waals surface area (Å²) in [6, 6.07) is 15.9. The number of aromatic hydroxyl groups is 1. The molecule has 12 heteroatoms. The average molecular weight is 574 g/mol. The molecule has 0 aliphatic carbocycles. The fourth-order valence-corrected chi connectivity index (χ4v) is 5.34. The highest BCUT2D eigenvalue weighted by Crippen LogP contribution is 2.41. The van der Waals surface area contributed by atoms with Gasteiger partial charge in [0, 0.05) is 10.4 Å². The number of rotatable bonds is 7. The number of phenols is 1. The summed E-state index contributed by atoms with van der Waals surface area (Å²) in [5.74, 6) is -0.831. The van der Waals surface area contributed by atoms with E-state index in [9.17, 15) is 22.9 Å². The molecule has 0 heterocycles. The molecule has 4 aromatic carbocycles. The number of carbonyl (C=O) groups excluding carboxylic acids is 1. The summed E-state index contributed by atoms with van der Waals surface area (Å²) in [4.78, 5) is 12.6. The van der Waals surface area contributed by atoms with Gasteiger partial charge in [0.2, 0.25) is 0 Å². The lowest BCUT2D eigenvalue weighted by Gasteiger charge is -2.13. The lowest BCUT2D eigenvalue weighted by molar-refractivity contribution is 0.102. The minimum atomic E-state index is -4.76. The first-order valence-corrected chi connectivity index (χ1v) is 13.3. The second kappa shape index (κ2) is 11.0. The van der Waals surface area contributed by atoms with Gasteiger partial charge in [-0.1, -0.05) is 60.5 Å². The summed E-state index contributed by atoms with van der Waals surface area (Å²) in [5, 5.41) is 23.0. The molecule has 0 radical (unpaired) electrons. The van der Waals surface area contributed by atoms with Crippen LogP contribution in [0.3, 0.4) is 0 Å². The van der Waals surface area contributed by atoms with Gasteiger partial charge in [-0.2, -0.15) is 8.42 Å². The minimum absolute atomic E-state index is 0.0942. The molecule has 0 saturated carbocycles. The molecule has 4 aromatic rings. The number of nitrogens with zero attached hydrogens (tertiary/aromatic N) is 2. The van der Waals surface area contributed by atoms with E-state index in [0.29, 0.717) is 33.5 Å². The molecule has 3 N–H and O–H groups in total.